The first-order chi connectivity index (χ1) is 8.67. The van der Waals surface area contributed by atoms with Gasteiger partial charge in [-0.25, -0.2) is 0 Å². The zero-order chi connectivity index (χ0) is 14.6. The van der Waals surface area contributed by atoms with E-state index in [9.17, 15) is 4.79 Å². The molecular formula is C16H22Cl2O. The molecule has 0 saturated heterocycles. The standard InChI is InChI=1S/C16H22Cl2O/c1-11(10-16(2,3)4)7-14(19)9-12-8-13(17)5-6-15(12)18/h5-6,8,11H,7,9-10H2,1-4H3. The van der Waals surface area contributed by atoms with Gasteiger partial charge in [-0.15, -0.1) is 0 Å². The lowest BCUT2D eigenvalue weighted by Crippen LogP contribution is -2.15. The van der Waals surface area contributed by atoms with Crippen molar-refractivity contribution < 1.29 is 4.79 Å². The molecule has 0 heterocycles. The maximum atomic E-state index is 12.1. The van der Waals surface area contributed by atoms with E-state index in [0.717, 1.165) is 12.0 Å². The maximum Gasteiger partial charge on any atom is 0.137 e. The number of ketones is 1. The molecule has 0 saturated carbocycles. The normalized spacial score (nSPS) is 13.4. The summed E-state index contributed by atoms with van der Waals surface area (Å²) in [5, 5.41) is 1.23. The molecule has 1 unspecified atom stereocenters. The fourth-order valence-corrected chi connectivity index (χ4v) is 2.85. The van der Waals surface area contributed by atoms with E-state index in [1.807, 2.05) is 0 Å². The molecule has 0 spiro atoms. The van der Waals surface area contributed by atoms with Gasteiger partial charge in [-0.3, -0.25) is 4.79 Å². The van der Waals surface area contributed by atoms with Crippen molar-refractivity contribution in [2.45, 2.75) is 47.0 Å². The van der Waals surface area contributed by atoms with Crippen LogP contribution in [0.3, 0.4) is 0 Å². The Bertz CT molecular complexity index is 447. The highest BCUT2D eigenvalue weighted by atomic mass is 35.5. The molecule has 0 aliphatic heterocycles. The number of hydrogen-bond donors (Lipinski definition) is 0. The smallest absolute Gasteiger partial charge is 0.137 e. The van der Waals surface area contributed by atoms with Crippen LogP contribution in [0, 0.1) is 11.3 Å². The first-order valence-electron chi connectivity index (χ1n) is 6.63. The van der Waals surface area contributed by atoms with Gasteiger partial charge in [-0.05, 0) is 41.5 Å². The van der Waals surface area contributed by atoms with Crippen molar-refractivity contribution in [3.05, 3.63) is 33.8 Å². The highest BCUT2D eigenvalue weighted by Crippen LogP contribution is 2.27. The summed E-state index contributed by atoms with van der Waals surface area (Å²) in [5.41, 5.74) is 1.08. The summed E-state index contributed by atoms with van der Waals surface area (Å²) in [7, 11) is 0. The van der Waals surface area contributed by atoms with E-state index in [4.69, 9.17) is 23.2 Å². The van der Waals surface area contributed by atoms with E-state index in [2.05, 4.69) is 27.7 Å². The molecule has 1 aromatic rings. The Labute approximate surface area is 126 Å². The number of carbonyl (C=O) groups excluding carboxylic acids is 1. The quantitative estimate of drug-likeness (QED) is 0.695. The Balaban J connectivity index is 2.58. The second-order valence-electron chi connectivity index (χ2n) is 6.53. The summed E-state index contributed by atoms with van der Waals surface area (Å²) in [6.45, 7) is 8.72. The lowest BCUT2D eigenvalue weighted by atomic mass is 9.83. The molecule has 0 amide bonds. The van der Waals surface area contributed by atoms with Crippen LogP contribution in [0.15, 0.2) is 18.2 Å². The van der Waals surface area contributed by atoms with Gasteiger partial charge in [0.15, 0.2) is 0 Å². The fourth-order valence-electron chi connectivity index (χ4n) is 2.47. The van der Waals surface area contributed by atoms with Crippen molar-refractivity contribution in [3.63, 3.8) is 0 Å². The molecule has 0 bridgehead atoms. The molecule has 0 aromatic heterocycles. The molecule has 1 atom stereocenters. The average Bonchev–Trinajstić information content (AvgIpc) is 2.20. The van der Waals surface area contributed by atoms with Crippen molar-refractivity contribution in [2.75, 3.05) is 0 Å². The van der Waals surface area contributed by atoms with Gasteiger partial charge in [0.25, 0.3) is 0 Å². The van der Waals surface area contributed by atoms with Crippen LogP contribution < -0.4 is 0 Å². The topological polar surface area (TPSA) is 17.1 Å². The van der Waals surface area contributed by atoms with Crippen molar-refractivity contribution in [2.24, 2.45) is 11.3 Å². The molecule has 1 aromatic carbocycles. The van der Waals surface area contributed by atoms with Crippen molar-refractivity contribution in [1.82, 2.24) is 0 Å². The van der Waals surface area contributed by atoms with Crippen molar-refractivity contribution in [1.29, 1.82) is 0 Å². The van der Waals surface area contributed by atoms with Gasteiger partial charge < -0.3 is 0 Å². The predicted octanol–water partition coefficient (Wildman–Crippen LogP) is 5.57. The first-order valence-corrected chi connectivity index (χ1v) is 7.38. The van der Waals surface area contributed by atoms with Crippen LogP contribution in [0.5, 0.6) is 0 Å². The van der Waals surface area contributed by atoms with Gasteiger partial charge in [-0.2, -0.15) is 0 Å². The van der Waals surface area contributed by atoms with E-state index >= 15 is 0 Å². The zero-order valence-corrected chi connectivity index (χ0v) is 13.6. The SMILES string of the molecule is CC(CC(=O)Cc1cc(Cl)ccc1Cl)CC(C)(C)C. The summed E-state index contributed by atoms with van der Waals surface area (Å²) in [5.74, 6) is 0.617. The lowest BCUT2D eigenvalue weighted by molar-refractivity contribution is -0.119. The number of rotatable bonds is 5. The van der Waals surface area contributed by atoms with Gasteiger partial charge in [0.1, 0.15) is 5.78 Å². The third kappa shape index (κ3) is 6.44. The molecule has 0 N–H and O–H groups in total. The van der Waals surface area contributed by atoms with E-state index in [1.165, 1.54) is 0 Å². The van der Waals surface area contributed by atoms with Crippen LogP contribution in [0.25, 0.3) is 0 Å². The first kappa shape index (κ1) is 16.5. The van der Waals surface area contributed by atoms with Crippen LogP contribution in [0.4, 0.5) is 0 Å². The van der Waals surface area contributed by atoms with Gasteiger partial charge in [-0.1, -0.05) is 50.9 Å². The fraction of sp³-hybridized carbons (Fsp3) is 0.562. The largest absolute Gasteiger partial charge is 0.299 e. The summed E-state index contributed by atoms with van der Waals surface area (Å²) in [6, 6.07) is 5.25. The highest BCUT2D eigenvalue weighted by Gasteiger charge is 2.18. The second-order valence-corrected chi connectivity index (χ2v) is 7.37. The van der Waals surface area contributed by atoms with Crippen LogP contribution in [-0.2, 0) is 11.2 Å². The van der Waals surface area contributed by atoms with Gasteiger partial charge in [0, 0.05) is 22.9 Å². The van der Waals surface area contributed by atoms with Crippen LogP contribution in [0.1, 0.15) is 46.1 Å². The third-order valence-corrected chi connectivity index (χ3v) is 3.54. The number of hydrogen-bond acceptors (Lipinski definition) is 1. The van der Waals surface area contributed by atoms with E-state index < -0.39 is 0 Å². The molecule has 106 valence electrons. The summed E-state index contributed by atoms with van der Waals surface area (Å²) in [4.78, 5) is 12.1. The molecule has 0 aliphatic carbocycles. The second kappa shape index (κ2) is 6.76. The summed E-state index contributed by atoms with van der Waals surface area (Å²) < 4.78 is 0. The molecule has 0 fully saturated rings. The Kier molecular flexibility index (Phi) is 5.88. The molecule has 0 radical (unpaired) electrons. The summed E-state index contributed by atoms with van der Waals surface area (Å²) >= 11 is 12.0. The number of carbonyl (C=O) groups is 1. The van der Waals surface area contributed by atoms with Gasteiger partial charge in [0.2, 0.25) is 0 Å². The van der Waals surface area contributed by atoms with Crippen LogP contribution in [0.2, 0.25) is 10.0 Å². The number of Topliss-reactive ketones (excluding diaryl/α,β-unsaturated/α-hetero) is 1. The minimum absolute atomic E-state index is 0.223. The maximum absolute atomic E-state index is 12.1. The predicted molar refractivity (Wildman–Crippen MR) is 83.0 cm³/mol. The van der Waals surface area contributed by atoms with Crippen LogP contribution >= 0.6 is 23.2 Å². The van der Waals surface area contributed by atoms with Crippen LogP contribution in [-0.4, -0.2) is 5.78 Å². The van der Waals surface area contributed by atoms with E-state index in [1.54, 1.807) is 18.2 Å². The summed E-state index contributed by atoms with van der Waals surface area (Å²) in [6.07, 6.45) is 2.01. The number of benzene rings is 1. The van der Waals surface area contributed by atoms with Crippen molar-refractivity contribution in [3.8, 4) is 0 Å². The van der Waals surface area contributed by atoms with E-state index in [0.29, 0.717) is 28.8 Å². The Morgan fingerprint density at radius 2 is 1.89 bits per heavy atom. The Morgan fingerprint density at radius 3 is 2.47 bits per heavy atom. The zero-order valence-electron chi connectivity index (χ0n) is 12.1. The van der Waals surface area contributed by atoms with Gasteiger partial charge >= 0.3 is 0 Å². The minimum atomic E-state index is 0.223. The van der Waals surface area contributed by atoms with Gasteiger partial charge in [0.05, 0.1) is 0 Å². The third-order valence-electron chi connectivity index (χ3n) is 2.93. The Morgan fingerprint density at radius 1 is 1.26 bits per heavy atom. The monoisotopic (exact) mass is 300 g/mol. The number of halogens is 2. The molecule has 19 heavy (non-hydrogen) atoms. The molecule has 0 aliphatic rings. The Hall–Kier alpha value is -0.530. The molecule has 1 rings (SSSR count). The highest BCUT2D eigenvalue weighted by molar-refractivity contribution is 6.33. The average molecular weight is 301 g/mol. The molecule has 3 heteroatoms. The molecular weight excluding hydrogens is 279 g/mol. The van der Waals surface area contributed by atoms with E-state index in [-0.39, 0.29) is 11.2 Å². The van der Waals surface area contributed by atoms with Crippen molar-refractivity contribution >= 4 is 29.0 Å². The lowest BCUT2D eigenvalue weighted by Gasteiger charge is -2.22. The molecule has 1 nitrogen and oxygen atoms in total. The minimum Gasteiger partial charge on any atom is -0.299 e.